The van der Waals surface area contributed by atoms with Crippen LogP contribution in [0, 0.1) is 25.2 Å². The first-order chi connectivity index (χ1) is 15.4. The van der Waals surface area contributed by atoms with E-state index >= 15 is 0 Å². The van der Waals surface area contributed by atoms with Gasteiger partial charge < -0.3 is 15.4 Å². The van der Waals surface area contributed by atoms with E-state index in [1.807, 2.05) is 62.4 Å². The van der Waals surface area contributed by atoms with Crippen molar-refractivity contribution in [1.82, 2.24) is 0 Å². The number of nitriles is 1. The molecule has 0 saturated heterocycles. The zero-order valence-corrected chi connectivity index (χ0v) is 17.9. The molecule has 6 nitrogen and oxygen atoms in total. The predicted molar refractivity (Wildman–Crippen MR) is 125 cm³/mol. The lowest BCUT2D eigenvalue weighted by Crippen LogP contribution is -2.20. The molecule has 2 amide bonds. The molecule has 3 aromatic carbocycles. The maximum absolute atomic E-state index is 12.5. The lowest BCUT2D eigenvalue weighted by Gasteiger charge is -2.09. The van der Waals surface area contributed by atoms with Crippen molar-refractivity contribution >= 4 is 29.3 Å². The van der Waals surface area contributed by atoms with E-state index in [4.69, 9.17) is 4.74 Å². The average Bonchev–Trinajstić information content (AvgIpc) is 2.76. The van der Waals surface area contributed by atoms with Gasteiger partial charge in [-0.1, -0.05) is 36.4 Å². The molecular weight excluding hydrogens is 402 g/mol. The maximum atomic E-state index is 12.5. The zero-order valence-electron chi connectivity index (χ0n) is 17.9. The zero-order chi connectivity index (χ0) is 22.9. The Hall–Kier alpha value is -4.37. The average molecular weight is 425 g/mol. The van der Waals surface area contributed by atoms with Gasteiger partial charge in [0.15, 0.2) is 6.61 Å². The number of ether oxygens (including phenoxy) is 1. The molecule has 0 aromatic heterocycles. The standard InChI is InChI=1S/C26H23N3O3/c1-18-6-3-9-22(12-18)28-25(30)17-32-24-11-5-8-20(15-24)14-21(16-27)26(31)29-23-10-4-7-19(2)13-23/h3-15H,17H2,1-2H3,(H,28,30)(H,29,31)/b21-14+. The van der Waals surface area contributed by atoms with E-state index in [-0.39, 0.29) is 18.1 Å². The largest absolute Gasteiger partial charge is 0.484 e. The van der Waals surface area contributed by atoms with Crippen LogP contribution in [0.15, 0.2) is 78.4 Å². The van der Waals surface area contributed by atoms with Crippen LogP contribution in [0.2, 0.25) is 0 Å². The summed E-state index contributed by atoms with van der Waals surface area (Å²) in [6.45, 7) is 3.70. The first kappa shape index (κ1) is 22.3. The second-order valence-corrected chi connectivity index (χ2v) is 7.27. The first-order valence-corrected chi connectivity index (χ1v) is 10.0. The molecule has 0 aliphatic rings. The molecule has 160 valence electrons. The van der Waals surface area contributed by atoms with E-state index in [1.165, 1.54) is 6.08 Å². The van der Waals surface area contributed by atoms with Crippen LogP contribution in [0.4, 0.5) is 11.4 Å². The molecule has 0 bridgehead atoms. The number of nitrogens with zero attached hydrogens (tertiary/aromatic N) is 1. The van der Waals surface area contributed by atoms with Gasteiger partial charge in [0.1, 0.15) is 17.4 Å². The van der Waals surface area contributed by atoms with Gasteiger partial charge in [-0.05, 0) is 73.0 Å². The summed E-state index contributed by atoms with van der Waals surface area (Å²) < 4.78 is 5.57. The third-order valence-electron chi connectivity index (χ3n) is 4.48. The highest BCUT2D eigenvalue weighted by Gasteiger charge is 2.10. The number of carbonyl (C=O) groups is 2. The second kappa shape index (κ2) is 10.6. The molecule has 0 atom stereocenters. The molecular formula is C26H23N3O3. The number of carbonyl (C=O) groups excluding carboxylic acids is 2. The van der Waals surface area contributed by atoms with Gasteiger partial charge in [-0.25, -0.2) is 0 Å². The summed E-state index contributed by atoms with van der Waals surface area (Å²) in [5.41, 5.74) is 3.93. The van der Waals surface area contributed by atoms with Gasteiger partial charge in [0.05, 0.1) is 0 Å². The molecule has 0 aliphatic heterocycles. The van der Waals surface area contributed by atoms with Crippen LogP contribution in [0.25, 0.3) is 6.08 Å². The molecule has 0 spiro atoms. The third kappa shape index (κ3) is 6.57. The van der Waals surface area contributed by atoms with Crippen molar-refractivity contribution in [3.05, 3.63) is 95.1 Å². The Kier molecular flexibility index (Phi) is 7.39. The summed E-state index contributed by atoms with van der Waals surface area (Å²) >= 11 is 0. The van der Waals surface area contributed by atoms with Crippen molar-refractivity contribution in [2.45, 2.75) is 13.8 Å². The van der Waals surface area contributed by atoms with E-state index in [0.717, 1.165) is 11.1 Å². The Morgan fingerprint density at radius 2 is 1.53 bits per heavy atom. The minimum atomic E-state index is -0.498. The molecule has 3 aromatic rings. The van der Waals surface area contributed by atoms with Gasteiger partial charge in [0.2, 0.25) is 0 Å². The second-order valence-electron chi connectivity index (χ2n) is 7.27. The molecule has 0 aliphatic carbocycles. The van der Waals surface area contributed by atoms with Crippen molar-refractivity contribution in [2.75, 3.05) is 17.2 Å². The van der Waals surface area contributed by atoms with E-state index < -0.39 is 5.91 Å². The summed E-state index contributed by atoms with van der Waals surface area (Å²) in [6.07, 6.45) is 1.48. The van der Waals surface area contributed by atoms with Crippen LogP contribution in [-0.2, 0) is 9.59 Å². The summed E-state index contributed by atoms with van der Waals surface area (Å²) in [6, 6.07) is 23.6. The van der Waals surface area contributed by atoms with Crippen LogP contribution in [0.3, 0.4) is 0 Å². The molecule has 0 saturated carbocycles. The van der Waals surface area contributed by atoms with E-state index in [0.29, 0.717) is 22.7 Å². The molecule has 3 rings (SSSR count). The monoisotopic (exact) mass is 425 g/mol. The smallest absolute Gasteiger partial charge is 0.266 e. The highest BCUT2D eigenvalue weighted by Crippen LogP contribution is 2.18. The lowest BCUT2D eigenvalue weighted by molar-refractivity contribution is -0.118. The number of hydrogen-bond acceptors (Lipinski definition) is 4. The molecule has 2 N–H and O–H groups in total. The van der Waals surface area contributed by atoms with Crippen LogP contribution in [-0.4, -0.2) is 18.4 Å². The Morgan fingerprint density at radius 1 is 0.906 bits per heavy atom. The summed E-state index contributed by atoms with van der Waals surface area (Å²) in [7, 11) is 0. The fraction of sp³-hybridized carbons (Fsp3) is 0.115. The highest BCUT2D eigenvalue weighted by molar-refractivity contribution is 6.09. The lowest BCUT2D eigenvalue weighted by atomic mass is 10.1. The summed E-state index contributed by atoms with van der Waals surface area (Å²) in [4.78, 5) is 24.6. The molecule has 6 heteroatoms. The number of amides is 2. The molecule has 0 radical (unpaired) electrons. The van der Waals surface area contributed by atoms with Crippen molar-refractivity contribution < 1.29 is 14.3 Å². The Labute approximate surface area is 187 Å². The van der Waals surface area contributed by atoms with Crippen LogP contribution >= 0.6 is 0 Å². The van der Waals surface area contributed by atoms with Gasteiger partial charge in [-0.15, -0.1) is 0 Å². The number of nitrogens with one attached hydrogen (secondary N) is 2. The Balaban J connectivity index is 1.63. The fourth-order valence-electron chi connectivity index (χ4n) is 3.00. The molecule has 0 heterocycles. The number of aryl methyl sites for hydroxylation is 2. The molecule has 32 heavy (non-hydrogen) atoms. The number of benzene rings is 3. The predicted octanol–water partition coefficient (Wildman–Crippen LogP) is 4.87. The number of anilines is 2. The van der Waals surface area contributed by atoms with Crippen molar-refractivity contribution in [2.24, 2.45) is 0 Å². The Morgan fingerprint density at radius 3 is 2.16 bits per heavy atom. The molecule has 0 unspecified atom stereocenters. The first-order valence-electron chi connectivity index (χ1n) is 10.0. The van der Waals surface area contributed by atoms with Crippen molar-refractivity contribution in [1.29, 1.82) is 5.26 Å². The van der Waals surface area contributed by atoms with Gasteiger partial charge in [-0.2, -0.15) is 5.26 Å². The quantitative estimate of drug-likeness (QED) is 0.417. The molecule has 0 fully saturated rings. The van der Waals surface area contributed by atoms with E-state index in [9.17, 15) is 14.9 Å². The van der Waals surface area contributed by atoms with E-state index in [1.54, 1.807) is 30.3 Å². The van der Waals surface area contributed by atoms with Gasteiger partial charge >= 0.3 is 0 Å². The highest BCUT2D eigenvalue weighted by atomic mass is 16.5. The SMILES string of the molecule is Cc1cccc(NC(=O)COc2cccc(/C=C(\C#N)C(=O)Nc3cccc(C)c3)c2)c1. The van der Waals surface area contributed by atoms with Crippen molar-refractivity contribution in [3.8, 4) is 11.8 Å². The maximum Gasteiger partial charge on any atom is 0.266 e. The number of rotatable bonds is 7. The fourth-order valence-corrected chi connectivity index (χ4v) is 3.00. The number of hydrogen-bond donors (Lipinski definition) is 2. The normalized spacial score (nSPS) is 10.7. The van der Waals surface area contributed by atoms with Crippen LogP contribution in [0.1, 0.15) is 16.7 Å². The van der Waals surface area contributed by atoms with Gasteiger partial charge in [0, 0.05) is 11.4 Å². The topological polar surface area (TPSA) is 91.2 Å². The van der Waals surface area contributed by atoms with Crippen LogP contribution in [0.5, 0.6) is 5.75 Å². The van der Waals surface area contributed by atoms with Gasteiger partial charge in [-0.3, -0.25) is 9.59 Å². The van der Waals surface area contributed by atoms with Gasteiger partial charge in [0.25, 0.3) is 11.8 Å². The summed E-state index contributed by atoms with van der Waals surface area (Å²) in [5, 5.41) is 14.9. The minimum Gasteiger partial charge on any atom is -0.484 e. The third-order valence-corrected chi connectivity index (χ3v) is 4.48. The van der Waals surface area contributed by atoms with E-state index in [2.05, 4.69) is 10.6 Å². The van der Waals surface area contributed by atoms with Crippen molar-refractivity contribution in [3.63, 3.8) is 0 Å². The minimum absolute atomic E-state index is 0.0409. The van der Waals surface area contributed by atoms with Crippen LogP contribution < -0.4 is 15.4 Å². The Bertz CT molecular complexity index is 1210. The summed E-state index contributed by atoms with van der Waals surface area (Å²) in [5.74, 6) is -0.330.